The highest BCUT2D eigenvalue weighted by Gasteiger charge is 2.03. The summed E-state index contributed by atoms with van der Waals surface area (Å²) in [4.78, 5) is 8.49. The highest BCUT2D eigenvalue weighted by molar-refractivity contribution is 9.10. The van der Waals surface area contributed by atoms with Gasteiger partial charge in [0.25, 0.3) is 0 Å². The Kier molecular flexibility index (Phi) is 5.13. The van der Waals surface area contributed by atoms with Gasteiger partial charge in [0, 0.05) is 12.7 Å². The fourth-order valence-electron chi connectivity index (χ4n) is 1.94. The minimum absolute atomic E-state index is 0.831. The summed E-state index contributed by atoms with van der Waals surface area (Å²) < 4.78 is 2.90. The van der Waals surface area contributed by atoms with Crippen LogP contribution in [0.15, 0.2) is 23.2 Å². The van der Waals surface area contributed by atoms with E-state index in [1.54, 1.807) is 6.20 Å². The van der Waals surface area contributed by atoms with Crippen LogP contribution in [0.3, 0.4) is 0 Å². The van der Waals surface area contributed by atoms with E-state index in [0.717, 1.165) is 23.3 Å². The van der Waals surface area contributed by atoms with E-state index < -0.39 is 0 Å². The Balaban J connectivity index is 1.86. The highest BCUT2D eigenvalue weighted by atomic mass is 79.9. The van der Waals surface area contributed by atoms with E-state index >= 15 is 0 Å². The lowest BCUT2D eigenvalue weighted by Gasteiger charge is -2.04. The first-order valence-corrected chi connectivity index (χ1v) is 7.28. The van der Waals surface area contributed by atoms with E-state index in [1.165, 1.54) is 31.4 Å². The predicted octanol–water partition coefficient (Wildman–Crippen LogP) is 3.16. The maximum absolute atomic E-state index is 4.33. The molecule has 2 heterocycles. The van der Waals surface area contributed by atoms with Crippen molar-refractivity contribution in [3.05, 3.63) is 28.9 Å². The summed E-state index contributed by atoms with van der Waals surface area (Å²) in [5.74, 6) is 0. The standard InChI is InChI=1S/C13H19BrN4/c1-2-3-4-5-6-15-7-11-8-17-13-9-16-12(14)10-18(11)13/h8-10,15H,2-7H2,1H3. The molecule has 2 aromatic rings. The van der Waals surface area contributed by atoms with Gasteiger partial charge in [-0.3, -0.25) is 4.40 Å². The van der Waals surface area contributed by atoms with Crippen LogP contribution < -0.4 is 5.32 Å². The summed E-state index contributed by atoms with van der Waals surface area (Å²) >= 11 is 3.38. The van der Waals surface area contributed by atoms with Crippen molar-refractivity contribution in [2.24, 2.45) is 0 Å². The third kappa shape index (κ3) is 3.53. The van der Waals surface area contributed by atoms with E-state index in [-0.39, 0.29) is 0 Å². The van der Waals surface area contributed by atoms with Gasteiger partial charge in [-0.15, -0.1) is 0 Å². The number of rotatable bonds is 7. The Bertz CT molecular complexity index is 495. The summed E-state index contributed by atoms with van der Waals surface area (Å²) in [6.45, 7) is 4.15. The monoisotopic (exact) mass is 310 g/mol. The smallest absolute Gasteiger partial charge is 0.155 e. The van der Waals surface area contributed by atoms with Gasteiger partial charge in [0.05, 0.1) is 18.1 Å². The average Bonchev–Trinajstić information content (AvgIpc) is 2.76. The van der Waals surface area contributed by atoms with Crippen LogP contribution in [-0.2, 0) is 6.54 Å². The van der Waals surface area contributed by atoms with Crippen LogP contribution in [0.25, 0.3) is 5.65 Å². The van der Waals surface area contributed by atoms with Crippen molar-refractivity contribution in [1.82, 2.24) is 19.7 Å². The van der Waals surface area contributed by atoms with E-state index in [0.29, 0.717) is 0 Å². The molecular weight excluding hydrogens is 292 g/mol. The largest absolute Gasteiger partial charge is 0.311 e. The summed E-state index contributed by atoms with van der Waals surface area (Å²) in [5.41, 5.74) is 2.06. The minimum Gasteiger partial charge on any atom is -0.311 e. The first kappa shape index (κ1) is 13.5. The normalized spacial score (nSPS) is 11.2. The van der Waals surface area contributed by atoms with Gasteiger partial charge in [0.15, 0.2) is 5.65 Å². The molecule has 0 radical (unpaired) electrons. The van der Waals surface area contributed by atoms with Crippen molar-refractivity contribution in [1.29, 1.82) is 0 Å². The maximum atomic E-state index is 4.33. The first-order chi connectivity index (χ1) is 8.81. The minimum atomic E-state index is 0.831. The lowest BCUT2D eigenvalue weighted by molar-refractivity contribution is 0.592. The molecule has 0 aromatic carbocycles. The number of halogens is 1. The molecule has 0 amide bonds. The van der Waals surface area contributed by atoms with Gasteiger partial charge in [-0.1, -0.05) is 26.2 Å². The molecule has 0 aliphatic heterocycles. The van der Waals surface area contributed by atoms with Gasteiger partial charge in [-0.2, -0.15) is 0 Å². The maximum Gasteiger partial charge on any atom is 0.155 e. The number of imidazole rings is 1. The van der Waals surface area contributed by atoms with Crippen LogP contribution in [0.1, 0.15) is 38.3 Å². The van der Waals surface area contributed by atoms with Crippen molar-refractivity contribution in [3.63, 3.8) is 0 Å². The second kappa shape index (κ2) is 6.85. The molecule has 98 valence electrons. The molecule has 2 rings (SSSR count). The van der Waals surface area contributed by atoms with Gasteiger partial charge in [-0.25, -0.2) is 9.97 Å². The fraction of sp³-hybridized carbons (Fsp3) is 0.538. The Hall–Kier alpha value is -0.940. The molecule has 0 bridgehead atoms. The van der Waals surface area contributed by atoms with Gasteiger partial charge in [0.2, 0.25) is 0 Å². The van der Waals surface area contributed by atoms with Crippen LogP contribution in [0, 0.1) is 0 Å². The Morgan fingerprint density at radius 2 is 2.11 bits per heavy atom. The molecule has 2 aromatic heterocycles. The Morgan fingerprint density at radius 1 is 1.22 bits per heavy atom. The number of aromatic nitrogens is 3. The molecule has 0 unspecified atom stereocenters. The van der Waals surface area contributed by atoms with Crippen LogP contribution >= 0.6 is 15.9 Å². The second-order valence-electron chi connectivity index (χ2n) is 4.43. The Morgan fingerprint density at radius 3 is 2.94 bits per heavy atom. The Labute approximate surface area is 116 Å². The summed E-state index contributed by atoms with van der Waals surface area (Å²) in [6, 6.07) is 0. The quantitative estimate of drug-likeness (QED) is 0.799. The molecule has 4 nitrogen and oxygen atoms in total. The van der Waals surface area contributed by atoms with Crippen molar-refractivity contribution in [2.75, 3.05) is 6.54 Å². The van der Waals surface area contributed by atoms with Gasteiger partial charge >= 0.3 is 0 Å². The van der Waals surface area contributed by atoms with Gasteiger partial charge < -0.3 is 5.32 Å². The van der Waals surface area contributed by atoms with Gasteiger partial charge in [-0.05, 0) is 28.9 Å². The molecule has 0 aliphatic rings. The number of hydrogen-bond acceptors (Lipinski definition) is 3. The van der Waals surface area contributed by atoms with Crippen LogP contribution in [0.4, 0.5) is 0 Å². The number of nitrogens with zero attached hydrogens (tertiary/aromatic N) is 3. The topological polar surface area (TPSA) is 42.2 Å². The molecule has 0 saturated carbocycles. The molecule has 1 N–H and O–H groups in total. The average molecular weight is 311 g/mol. The second-order valence-corrected chi connectivity index (χ2v) is 5.24. The molecule has 5 heteroatoms. The van der Waals surface area contributed by atoms with Gasteiger partial charge in [0.1, 0.15) is 4.60 Å². The summed E-state index contributed by atoms with van der Waals surface area (Å²) in [5, 5.41) is 3.46. The van der Waals surface area contributed by atoms with Crippen molar-refractivity contribution < 1.29 is 0 Å². The van der Waals surface area contributed by atoms with Crippen molar-refractivity contribution in [3.8, 4) is 0 Å². The van der Waals surface area contributed by atoms with Crippen LogP contribution in [0.5, 0.6) is 0 Å². The zero-order chi connectivity index (χ0) is 12.8. The zero-order valence-electron chi connectivity index (χ0n) is 10.7. The van der Waals surface area contributed by atoms with E-state index in [9.17, 15) is 0 Å². The molecule has 0 saturated heterocycles. The number of fused-ring (bicyclic) bond motifs is 1. The molecular formula is C13H19BrN4. The lowest BCUT2D eigenvalue weighted by Crippen LogP contribution is -2.15. The molecule has 0 spiro atoms. The van der Waals surface area contributed by atoms with E-state index in [1.807, 2.05) is 12.4 Å². The van der Waals surface area contributed by atoms with E-state index in [2.05, 4.69) is 42.5 Å². The van der Waals surface area contributed by atoms with Crippen molar-refractivity contribution in [2.45, 2.75) is 39.2 Å². The lowest BCUT2D eigenvalue weighted by atomic mass is 10.2. The first-order valence-electron chi connectivity index (χ1n) is 6.49. The fourth-order valence-corrected chi connectivity index (χ4v) is 2.25. The molecule has 0 fully saturated rings. The number of nitrogens with one attached hydrogen (secondary N) is 1. The van der Waals surface area contributed by atoms with E-state index in [4.69, 9.17) is 0 Å². The number of hydrogen-bond donors (Lipinski definition) is 1. The van der Waals surface area contributed by atoms with Crippen LogP contribution in [0.2, 0.25) is 0 Å². The SMILES string of the molecule is CCCCCCNCc1cnc2cnc(Br)cn12. The van der Waals surface area contributed by atoms with Crippen molar-refractivity contribution >= 4 is 21.6 Å². The third-order valence-corrected chi connectivity index (χ3v) is 3.36. The highest BCUT2D eigenvalue weighted by Crippen LogP contribution is 2.10. The van der Waals surface area contributed by atoms with Crippen LogP contribution in [-0.4, -0.2) is 20.9 Å². The molecule has 18 heavy (non-hydrogen) atoms. The third-order valence-electron chi connectivity index (χ3n) is 2.95. The number of unbranched alkanes of at least 4 members (excludes halogenated alkanes) is 3. The summed E-state index contributed by atoms with van der Waals surface area (Å²) in [6.07, 6.45) is 10.8. The summed E-state index contributed by atoms with van der Waals surface area (Å²) in [7, 11) is 0. The molecule has 0 aliphatic carbocycles. The zero-order valence-corrected chi connectivity index (χ0v) is 12.3. The molecule has 0 atom stereocenters. The predicted molar refractivity (Wildman–Crippen MR) is 76.5 cm³/mol.